The lowest BCUT2D eigenvalue weighted by molar-refractivity contribution is -0.384. The molecule has 0 saturated heterocycles. The maximum atomic E-state index is 11.2. The minimum atomic E-state index is -1.22. The number of aromatic carboxylic acids is 1. The standard InChI is InChI=1S/C15H13NO5/c1-10-3-2-4-13(7-10)21-9-11-5-6-12(16(19)20)8-14(11)15(17)18/h2-8H,9H2,1H3,(H,17,18). The van der Waals surface area contributed by atoms with E-state index >= 15 is 0 Å². The van der Waals surface area contributed by atoms with Crippen LogP contribution in [-0.2, 0) is 6.61 Å². The van der Waals surface area contributed by atoms with Gasteiger partial charge in [-0.1, -0.05) is 12.1 Å². The monoisotopic (exact) mass is 287 g/mol. The van der Waals surface area contributed by atoms with E-state index in [9.17, 15) is 14.9 Å². The molecule has 0 aliphatic rings. The van der Waals surface area contributed by atoms with E-state index in [0.717, 1.165) is 11.6 Å². The van der Waals surface area contributed by atoms with Crippen molar-refractivity contribution in [2.24, 2.45) is 0 Å². The van der Waals surface area contributed by atoms with Gasteiger partial charge >= 0.3 is 5.97 Å². The number of non-ortho nitro benzene ring substituents is 1. The van der Waals surface area contributed by atoms with Gasteiger partial charge in [-0.2, -0.15) is 0 Å². The normalized spacial score (nSPS) is 10.1. The van der Waals surface area contributed by atoms with Crippen molar-refractivity contribution in [2.75, 3.05) is 0 Å². The van der Waals surface area contributed by atoms with Gasteiger partial charge < -0.3 is 9.84 Å². The van der Waals surface area contributed by atoms with Crippen molar-refractivity contribution in [3.63, 3.8) is 0 Å². The Kier molecular flexibility index (Phi) is 4.18. The summed E-state index contributed by atoms with van der Waals surface area (Å²) in [4.78, 5) is 21.2. The first-order valence-electron chi connectivity index (χ1n) is 6.17. The quantitative estimate of drug-likeness (QED) is 0.673. The van der Waals surface area contributed by atoms with Gasteiger partial charge in [-0.25, -0.2) is 4.79 Å². The summed E-state index contributed by atoms with van der Waals surface area (Å²) < 4.78 is 5.53. The SMILES string of the molecule is Cc1cccc(OCc2ccc([N+](=O)[O-])cc2C(=O)O)c1. The topological polar surface area (TPSA) is 89.7 Å². The summed E-state index contributed by atoms with van der Waals surface area (Å²) in [7, 11) is 0. The van der Waals surface area contributed by atoms with Gasteiger partial charge in [-0.3, -0.25) is 10.1 Å². The summed E-state index contributed by atoms with van der Waals surface area (Å²) in [5.74, 6) is -0.605. The van der Waals surface area contributed by atoms with E-state index < -0.39 is 10.9 Å². The predicted molar refractivity (Wildman–Crippen MR) is 75.6 cm³/mol. The van der Waals surface area contributed by atoms with E-state index in [1.54, 1.807) is 6.07 Å². The first kappa shape index (κ1) is 14.5. The number of nitro groups is 1. The van der Waals surface area contributed by atoms with Crippen LogP contribution in [0.5, 0.6) is 5.75 Å². The molecule has 1 N–H and O–H groups in total. The molecule has 0 bridgehead atoms. The van der Waals surface area contributed by atoms with Gasteiger partial charge in [0.25, 0.3) is 5.69 Å². The van der Waals surface area contributed by atoms with Crippen LogP contribution in [0.25, 0.3) is 0 Å². The van der Waals surface area contributed by atoms with Crippen molar-refractivity contribution in [1.82, 2.24) is 0 Å². The van der Waals surface area contributed by atoms with Gasteiger partial charge in [0.05, 0.1) is 10.5 Å². The lowest BCUT2D eigenvalue weighted by atomic mass is 10.1. The van der Waals surface area contributed by atoms with Crippen molar-refractivity contribution in [2.45, 2.75) is 13.5 Å². The van der Waals surface area contributed by atoms with Crippen LogP contribution < -0.4 is 4.74 Å². The molecule has 2 rings (SSSR count). The number of aryl methyl sites for hydroxylation is 1. The Morgan fingerprint density at radius 2 is 2.05 bits per heavy atom. The van der Waals surface area contributed by atoms with Crippen molar-refractivity contribution in [3.05, 3.63) is 69.3 Å². The molecule has 0 radical (unpaired) electrons. The molecular weight excluding hydrogens is 274 g/mol. The zero-order chi connectivity index (χ0) is 15.4. The van der Waals surface area contributed by atoms with E-state index in [4.69, 9.17) is 9.84 Å². The summed E-state index contributed by atoms with van der Waals surface area (Å²) in [5.41, 5.74) is 1.02. The molecule has 0 unspecified atom stereocenters. The maximum absolute atomic E-state index is 11.2. The van der Waals surface area contributed by atoms with Crippen LogP contribution in [0, 0.1) is 17.0 Å². The minimum Gasteiger partial charge on any atom is -0.489 e. The first-order chi connectivity index (χ1) is 9.97. The Morgan fingerprint density at radius 1 is 1.29 bits per heavy atom. The van der Waals surface area contributed by atoms with Crippen molar-refractivity contribution >= 4 is 11.7 Å². The number of ether oxygens (including phenoxy) is 1. The number of carbonyl (C=O) groups is 1. The van der Waals surface area contributed by atoms with Crippen LogP contribution in [0.3, 0.4) is 0 Å². The number of nitro benzene ring substituents is 1. The van der Waals surface area contributed by atoms with Gasteiger partial charge in [0.1, 0.15) is 12.4 Å². The Balaban J connectivity index is 2.23. The summed E-state index contributed by atoms with van der Waals surface area (Å²) in [6, 6.07) is 11.0. The van der Waals surface area contributed by atoms with E-state index in [1.807, 2.05) is 25.1 Å². The van der Waals surface area contributed by atoms with E-state index in [2.05, 4.69) is 0 Å². The number of rotatable bonds is 5. The molecule has 6 heteroatoms. The van der Waals surface area contributed by atoms with Crippen LogP contribution in [0.1, 0.15) is 21.5 Å². The molecule has 21 heavy (non-hydrogen) atoms. The second-order valence-corrected chi connectivity index (χ2v) is 4.51. The van der Waals surface area contributed by atoms with Crippen LogP contribution >= 0.6 is 0 Å². The molecular formula is C15H13NO5. The Hall–Kier alpha value is -2.89. The molecule has 0 aliphatic heterocycles. The summed E-state index contributed by atoms with van der Waals surface area (Å²) in [6.07, 6.45) is 0. The van der Waals surface area contributed by atoms with E-state index in [1.165, 1.54) is 12.1 Å². The summed E-state index contributed by atoms with van der Waals surface area (Å²) in [6.45, 7) is 1.95. The van der Waals surface area contributed by atoms with Crippen molar-refractivity contribution < 1.29 is 19.6 Å². The smallest absolute Gasteiger partial charge is 0.336 e. The second-order valence-electron chi connectivity index (χ2n) is 4.51. The predicted octanol–water partition coefficient (Wildman–Crippen LogP) is 3.18. The third-order valence-electron chi connectivity index (χ3n) is 2.92. The third kappa shape index (κ3) is 3.56. The minimum absolute atomic E-state index is 0.0308. The number of hydrogen-bond acceptors (Lipinski definition) is 4. The highest BCUT2D eigenvalue weighted by atomic mass is 16.6. The number of carboxylic acid groups (broad SMARTS) is 1. The molecule has 6 nitrogen and oxygen atoms in total. The zero-order valence-electron chi connectivity index (χ0n) is 11.3. The molecule has 0 atom stereocenters. The summed E-state index contributed by atoms with van der Waals surface area (Å²) in [5, 5.41) is 19.8. The molecule has 108 valence electrons. The molecule has 0 aromatic heterocycles. The van der Waals surface area contributed by atoms with Gasteiger partial charge in [0.2, 0.25) is 0 Å². The number of nitrogens with zero attached hydrogens (tertiary/aromatic N) is 1. The maximum Gasteiger partial charge on any atom is 0.336 e. The van der Waals surface area contributed by atoms with Gasteiger partial charge in [-0.15, -0.1) is 0 Å². The second kappa shape index (κ2) is 6.04. The number of benzene rings is 2. The van der Waals surface area contributed by atoms with Gasteiger partial charge in [0, 0.05) is 17.7 Å². The molecule has 2 aromatic rings. The highest BCUT2D eigenvalue weighted by Crippen LogP contribution is 2.20. The van der Waals surface area contributed by atoms with E-state index in [-0.39, 0.29) is 17.9 Å². The largest absolute Gasteiger partial charge is 0.489 e. The van der Waals surface area contributed by atoms with Gasteiger partial charge in [-0.05, 0) is 30.7 Å². The lowest BCUT2D eigenvalue weighted by Crippen LogP contribution is -2.06. The fraction of sp³-hybridized carbons (Fsp3) is 0.133. The highest BCUT2D eigenvalue weighted by molar-refractivity contribution is 5.90. The van der Waals surface area contributed by atoms with Crippen LogP contribution in [0.2, 0.25) is 0 Å². The fourth-order valence-corrected chi connectivity index (χ4v) is 1.87. The molecule has 0 spiro atoms. The van der Waals surface area contributed by atoms with E-state index in [0.29, 0.717) is 11.3 Å². The Bertz CT molecular complexity index is 696. The molecule has 2 aromatic carbocycles. The van der Waals surface area contributed by atoms with Gasteiger partial charge in [0.15, 0.2) is 0 Å². The molecule has 0 saturated carbocycles. The third-order valence-corrected chi connectivity index (χ3v) is 2.92. The molecule has 0 aliphatic carbocycles. The Labute approximate surface area is 120 Å². The average molecular weight is 287 g/mol. The molecule has 0 amide bonds. The molecule has 0 fully saturated rings. The first-order valence-corrected chi connectivity index (χ1v) is 6.17. The van der Waals surface area contributed by atoms with Crippen LogP contribution in [0.15, 0.2) is 42.5 Å². The fourth-order valence-electron chi connectivity index (χ4n) is 1.87. The average Bonchev–Trinajstić information content (AvgIpc) is 2.44. The molecule has 0 heterocycles. The lowest BCUT2D eigenvalue weighted by Gasteiger charge is -2.09. The van der Waals surface area contributed by atoms with Crippen LogP contribution in [0.4, 0.5) is 5.69 Å². The number of carboxylic acids is 1. The zero-order valence-corrected chi connectivity index (χ0v) is 11.3. The Morgan fingerprint density at radius 3 is 2.67 bits per heavy atom. The summed E-state index contributed by atoms with van der Waals surface area (Å²) >= 11 is 0. The highest BCUT2D eigenvalue weighted by Gasteiger charge is 2.16. The van der Waals surface area contributed by atoms with Crippen molar-refractivity contribution in [1.29, 1.82) is 0 Å². The van der Waals surface area contributed by atoms with Crippen LogP contribution in [-0.4, -0.2) is 16.0 Å². The number of hydrogen-bond donors (Lipinski definition) is 1. The van der Waals surface area contributed by atoms with Crippen molar-refractivity contribution in [3.8, 4) is 5.75 Å².